The van der Waals surface area contributed by atoms with Gasteiger partial charge < -0.3 is 14.8 Å². The Morgan fingerprint density at radius 3 is 2.95 bits per heavy atom. The summed E-state index contributed by atoms with van der Waals surface area (Å²) in [7, 11) is 0. The van der Waals surface area contributed by atoms with E-state index in [0.717, 1.165) is 18.8 Å². The first-order valence-electron chi connectivity index (χ1n) is 6.79. The van der Waals surface area contributed by atoms with Crippen molar-refractivity contribution < 1.29 is 9.47 Å². The Bertz CT molecular complexity index is 421. The van der Waals surface area contributed by atoms with Crippen molar-refractivity contribution in [1.29, 1.82) is 0 Å². The maximum atomic E-state index is 5.94. The molecule has 19 heavy (non-hydrogen) atoms. The molecule has 1 aliphatic rings. The first-order chi connectivity index (χ1) is 8.96. The Balaban J connectivity index is 1.90. The SMILES string of the molecule is CC(C)c1cc(OCC2CNCC(C)(C)O2)ncn1. The van der Waals surface area contributed by atoms with Gasteiger partial charge in [0.1, 0.15) is 19.0 Å². The standard InChI is InChI=1S/C14H23N3O2/c1-10(2)12-5-13(17-9-16-12)18-7-11-6-15-8-14(3,4)19-11/h5,9-11,15H,6-8H2,1-4H3. The highest BCUT2D eigenvalue weighted by Gasteiger charge is 2.28. The van der Waals surface area contributed by atoms with Crippen molar-refractivity contribution >= 4 is 0 Å². The molecule has 0 aromatic carbocycles. The molecule has 0 aliphatic carbocycles. The summed E-state index contributed by atoms with van der Waals surface area (Å²) in [5, 5.41) is 3.35. The summed E-state index contributed by atoms with van der Waals surface area (Å²) in [4.78, 5) is 8.36. The predicted molar refractivity (Wildman–Crippen MR) is 73.4 cm³/mol. The van der Waals surface area contributed by atoms with Crippen LogP contribution in [-0.4, -0.2) is 41.4 Å². The zero-order valence-electron chi connectivity index (χ0n) is 12.1. The molecule has 1 aromatic heterocycles. The number of morpholine rings is 1. The van der Waals surface area contributed by atoms with Crippen molar-refractivity contribution in [3.05, 3.63) is 18.1 Å². The average Bonchev–Trinajstić information content (AvgIpc) is 2.35. The van der Waals surface area contributed by atoms with E-state index in [2.05, 4.69) is 43.0 Å². The van der Waals surface area contributed by atoms with Gasteiger partial charge >= 0.3 is 0 Å². The number of aromatic nitrogens is 2. The van der Waals surface area contributed by atoms with Gasteiger partial charge in [0.2, 0.25) is 5.88 Å². The van der Waals surface area contributed by atoms with E-state index in [-0.39, 0.29) is 11.7 Å². The maximum Gasteiger partial charge on any atom is 0.216 e. The number of ether oxygens (including phenoxy) is 2. The normalized spacial score (nSPS) is 22.5. The van der Waals surface area contributed by atoms with Crippen LogP contribution in [0.2, 0.25) is 0 Å². The molecule has 5 nitrogen and oxygen atoms in total. The van der Waals surface area contributed by atoms with E-state index in [0.29, 0.717) is 18.4 Å². The van der Waals surface area contributed by atoms with Gasteiger partial charge in [0.25, 0.3) is 0 Å². The molecule has 1 fully saturated rings. The molecule has 1 aromatic rings. The summed E-state index contributed by atoms with van der Waals surface area (Å²) in [6.07, 6.45) is 1.61. The zero-order chi connectivity index (χ0) is 13.9. The van der Waals surface area contributed by atoms with Gasteiger partial charge in [-0.3, -0.25) is 0 Å². The van der Waals surface area contributed by atoms with Crippen LogP contribution in [0.4, 0.5) is 0 Å². The van der Waals surface area contributed by atoms with E-state index in [4.69, 9.17) is 9.47 Å². The van der Waals surface area contributed by atoms with E-state index in [1.54, 1.807) is 6.33 Å². The third kappa shape index (κ3) is 4.14. The van der Waals surface area contributed by atoms with E-state index >= 15 is 0 Å². The van der Waals surface area contributed by atoms with Gasteiger partial charge in [-0.2, -0.15) is 0 Å². The number of rotatable bonds is 4. The van der Waals surface area contributed by atoms with Gasteiger partial charge in [-0.15, -0.1) is 0 Å². The lowest BCUT2D eigenvalue weighted by molar-refractivity contribution is -0.107. The molecule has 0 spiro atoms. The second kappa shape index (κ2) is 5.84. The number of nitrogens with one attached hydrogen (secondary N) is 1. The number of hydrogen-bond donors (Lipinski definition) is 1. The lowest BCUT2D eigenvalue weighted by Gasteiger charge is -2.36. The number of nitrogens with zero attached hydrogens (tertiary/aromatic N) is 2. The Kier molecular flexibility index (Phi) is 4.37. The molecule has 2 rings (SSSR count). The molecule has 0 saturated carbocycles. The lowest BCUT2D eigenvalue weighted by Crippen LogP contribution is -2.52. The van der Waals surface area contributed by atoms with Gasteiger partial charge in [0.15, 0.2) is 0 Å². The third-order valence-electron chi connectivity index (χ3n) is 3.08. The van der Waals surface area contributed by atoms with E-state index in [1.165, 1.54) is 0 Å². The minimum Gasteiger partial charge on any atom is -0.475 e. The van der Waals surface area contributed by atoms with Crippen LogP contribution in [0.1, 0.15) is 39.3 Å². The minimum absolute atomic E-state index is 0.0567. The molecular weight excluding hydrogens is 242 g/mol. The Hall–Kier alpha value is -1.20. The van der Waals surface area contributed by atoms with Crippen LogP contribution in [0.5, 0.6) is 5.88 Å². The molecule has 2 heterocycles. The van der Waals surface area contributed by atoms with Gasteiger partial charge in [-0.05, 0) is 19.8 Å². The van der Waals surface area contributed by atoms with Gasteiger partial charge in [-0.25, -0.2) is 9.97 Å². The highest BCUT2D eigenvalue weighted by molar-refractivity contribution is 5.16. The first-order valence-corrected chi connectivity index (χ1v) is 6.79. The van der Waals surface area contributed by atoms with E-state index < -0.39 is 0 Å². The molecule has 1 atom stereocenters. The monoisotopic (exact) mass is 265 g/mol. The highest BCUT2D eigenvalue weighted by atomic mass is 16.6. The number of hydrogen-bond acceptors (Lipinski definition) is 5. The molecule has 106 valence electrons. The fraction of sp³-hybridized carbons (Fsp3) is 0.714. The van der Waals surface area contributed by atoms with Crippen molar-refractivity contribution in [2.75, 3.05) is 19.7 Å². The highest BCUT2D eigenvalue weighted by Crippen LogP contribution is 2.18. The zero-order valence-corrected chi connectivity index (χ0v) is 12.1. The predicted octanol–water partition coefficient (Wildman–Crippen LogP) is 1.75. The summed E-state index contributed by atoms with van der Waals surface area (Å²) < 4.78 is 11.7. The molecule has 1 saturated heterocycles. The van der Waals surface area contributed by atoms with Gasteiger partial charge in [0.05, 0.1) is 11.3 Å². The fourth-order valence-corrected chi connectivity index (χ4v) is 2.09. The van der Waals surface area contributed by atoms with Crippen molar-refractivity contribution in [2.24, 2.45) is 0 Å². The molecule has 1 aliphatic heterocycles. The first kappa shape index (κ1) is 14.2. The summed E-state index contributed by atoms with van der Waals surface area (Å²) in [5.74, 6) is 0.988. The van der Waals surface area contributed by atoms with Crippen LogP contribution >= 0.6 is 0 Å². The third-order valence-corrected chi connectivity index (χ3v) is 3.08. The smallest absolute Gasteiger partial charge is 0.216 e. The van der Waals surface area contributed by atoms with Gasteiger partial charge in [-0.1, -0.05) is 13.8 Å². The lowest BCUT2D eigenvalue weighted by atomic mass is 10.1. The van der Waals surface area contributed by atoms with Crippen LogP contribution in [-0.2, 0) is 4.74 Å². The Morgan fingerprint density at radius 1 is 1.47 bits per heavy atom. The quantitative estimate of drug-likeness (QED) is 0.898. The van der Waals surface area contributed by atoms with Crippen molar-refractivity contribution in [3.63, 3.8) is 0 Å². The summed E-state index contributed by atoms with van der Waals surface area (Å²) in [6, 6.07) is 1.89. The van der Waals surface area contributed by atoms with Crippen LogP contribution in [0.25, 0.3) is 0 Å². The van der Waals surface area contributed by atoms with Crippen molar-refractivity contribution in [2.45, 2.75) is 45.3 Å². The summed E-state index contributed by atoms with van der Waals surface area (Å²) >= 11 is 0. The molecule has 0 amide bonds. The topological polar surface area (TPSA) is 56.3 Å². The summed E-state index contributed by atoms with van der Waals surface area (Å²) in [5.41, 5.74) is 0.856. The summed E-state index contributed by atoms with van der Waals surface area (Å²) in [6.45, 7) is 10.5. The average molecular weight is 265 g/mol. The molecule has 5 heteroatoms. The Labute approximate surface area is 114 Å². The van der Waals surface area contributed by atoms with Gasteiger partial charge in [0, 0.05) is 19.2 Å². The molecule has 1 unspecified atom stereocenters. The van der Waals surface area contributed by atoms with Crippen LogP contribution in [0.15, 0.2) is 12.4 Å². The fourth-order valence-electron chi connectivity index (χ4n) is 2.09. The minimum atomic E-state index is -0.138. The second-order valence-corrected chi connectivity index (χ2v) is 5.88. The Morgan fingerprint density at radius 2 is 2.26 bits per heavy atom. The second-order valence-electron chi connectivity index (χ2n) is 5.88. The maximum absolute atomic E-state index is 5.94. The molecule has 1 N–H and O–H groups in total. The largest absolute Gasteiger partial charge is 0.475 e. The van der Waals surface area contributed by atoms with Crippen molar-refractivity contribution in [3.8, 4) is 5.88 Å². The van der Waals surface area contributed by atoms with Crippen LogP contribution in [0, 0.1) is 0 Å². The van der Waals surface area contributed by atoms with Crippen LogP contribution in [0.3, 0.4) is 0 Å². The molecule has 0 bridgehead atoms. The van der Waals surface area contributed by atoms with E-state index in [9.17, 15) is 0 Å². The van der Waals surface area contributed by atoms with Crippen LogP contribution < -0.4 is 10.1 Å². The van der Waals surface area contributed by atoms with E-state index in [1.807, 2.05) is 6.07 Å². The van der Waals surface area contributed by atoms with Crippen molar-refractivity contribution in [1.82, 2.24) is 15.3 Å². The molecule has 0 radical (unpaired) electrons. The molecular formula is C14H23N3O2.